The summed E-state index contributed by atoms with van der Waals surface area (Å²) in [5.74, 6) is 0.0686. The standard InChI is InChI=1S/C19H24ClN5O3/c1-12(26)24-6-4-5-16(11-24)25(23(2)3)19(28)21-10-15-8-13-7-14(20)9-17(27)18(13)22-15/h7-9,16,22H,2,4-6,10-11H2,1,3H3,(H-,21,27,28)/p+1/t16-/m1/s1. The number of hydrazone groups is 1. The van der Waals surface area contributed by atoms with Gasteiger partial charge in [-0.05, 0) is 25.0 Å². The molecule has 1 atom stereocenters. The molecule has 3 amide bonds. The topological polar surface area (TPSA) is 91.7 Å². The second-order valence-electron chi connectivity index (χ2n) is 7.11. The minimum Gasteiger partial charge on any atom is -0.506 e. The van der Waals surface area contributed by atoms with Crippen molar-refractivity contribution >= 4 is 41.2 Å². The fourth-order valence-corrected chi connectivity index (χ4v) is 3.86. The number of benzene rings is 1. The number of hydrazine groups is 1. The number of likely N-dealkylation sites (tertiary alicyclic amines) is 1. The fourth-order valence-electron chi connectivity index (χ4n) is 3.63. The third kappa shape index (κ3) is 4.22. The number of rotatable bonds is 4. The number of hydrogen-bond donors (Lipinski definition) is 3. The average Bonchev–Trinajstić information content (AvgIpc) is 3.03. The quantitative estimate of drug-likeness (QED) is 0.413. The highest BCUT2D eigenvalue weighted by Crippen LogP contribution is 2.29. The van der Waals surface area contributed by atoms with E-state index in [9.17, 15) is 14.7 Å². The molecule has 2 heterocycles. The summed E-state index contributed by atoms with van der Waals surface area (Å²) in [7, 11) is 1.70. The molecule has 0 saturated carbocycles. The maximum atomic E-state index is 12.8. The van der Waals surface area contributed by atoms with E-state index >= 15 is 0 Å². The molecule has 9 heteroatoms. The van der Waals surface area contributed by atoms with Crippen LogP contribution in [0.25, 0.3) is 10.9 Å². The lowest BCUT2D eigenvalue weighted by atomic mass is 10.1. The predicted octanol–water partition coefficient (Wildman–Crippen LogP) is 2.31. The Morgan fingerprint density at radius 2 is 2.21 bits per heavy atom. The first-order chi connectivity index (χ1) is 13.3. The zero-order valence-electron chi connectivity index (χ0n) is 16.0. The van der Waals surface area contributed by atoms with Gasteiger partial charge in [-0.1, -0.05) is 16.6 Å². The van der Waals surface area contributed by atoms with Crippen LogP contribution in [-0.4, -0.2) is 69.5 Å². The van der Waals surface area contributed by atoms with Gasteiger partial charge < -0.3 is 20.3 Å². The number of phenols is 1. The number of amides is 3. The van der Waals surface area contributed by atoms with Crippen LogP contribution in [0.2, 0.25) is 5.02 Å². The summed E-state index contributed by atoms with van der Waals surface area (Å²) in [6.45, 7) is 6.84. The number of H-pyrrole nitrogens is 1. The van der Waals surface area contributed by atoms with E-state index < -0.39 is 0 Å². The number of hydrogen-bond acceptors (Lipinski definition) is 3. The van der Waals surface area contributed by atoms with Gasteiger partial charge in [0.1, 0.15) is 11.8 Å². The van der Waals surface area contributed by atoms with E-state index in [1.165, 1.54) is 17.7 Å². The molecule has 1 aliphatic rings. The molecular weight excluding hydrogens is 382 g/mol. The summed E-state index contributed by atoms with van der Waals surface area (Å²) < 4.78 is 1.50. The van der Waals surface area contributed by atoms with E-state index in [1.807, 2.05) is 6.07 Å². The molecule has 8 nitrogen and oxygen atoms in total. The molecule has 28 heavy (non-hydrogen) atoms. The Morgan fingerprint density at radius 3 is 2.89 bits per heavy atom. The summed E-state index contributed by atoms with van der Waals surface area (Å²) in [6.07, 6.45) is 1.64. The van der Waals surface area contributed by atoms with Crippen molar-refractivity contribution in [1.82, 2.24) is 20.2 Å². The van der Waals surface area contributed by atoms with Crippen molar-refractivity contribution in [3.63, 3.8) is 0 Å². The van der Waals surface area contributed by atoms with Crippen LogP contribution in [0.4, 0.5) is 4.79 Å². The second-order valence-corrected chi connectivity index (χ2v) is 7.54. The van der Waals surface area contributed by atoms with E-state index in [4.69, 9.17) is 11.6 Å². The van der Waals surface area contributed by atoms with Crippen LogP contribution in [0, 0.1) is 0 Å². The lowest BCUT2D eigenvalue weighted by Gasteiger charge is -2.35. The van der Waals surface area contributed by atoms with Crippen molar-refractivity contribution in [2.24, 2.45) is 0 Å². The Hall–Kier alpha value is -2.74. The zero-order valence-corrected chi connectivity index (χ0v) is 16.8. The number of fused-ring (bicyclic) bond motifs is 1. The summed E-state index contributed by atoms with van der Waals surface area (Å²) >= 11 is 5.97. The molecule has 1 aromatic carbocycles. The van der Waals surface area contributed by atoms with Crippen molar-refractivity contribution in [2.75, 3.05) is 20.1 Å². The van der Waals surface area contributed by atoms with Gasteiger partial charge in [-0.2, -0.15) is 0 Å². The van der Waals surface area contributed by atoms with E-state index in [1.54, 1.807) is 23.0 Å². The SMILES string of the molecule is C=[N+](C)N(C(=O)NCc1cc2cc(Cl)cc(O)c2[nH]1)[C@@H]1CCCN(C(C)=O)C1. The first-order valence-electron chi connectivity index (χ1n) is 9.13. The molecule has 0 bridgehead atoms. The first-order valence-corrected chi connectivity index (χ1v) is 9.51. The van der Waals surface area contributed by atoms with Crippen molar-refractivity contribution in [1.29, 1.82) is 0 Å². The van der Waals surface area contributed by atoms with Gasteiger partial charge in [-0.3, -0.25) is 4.79 Å². The van der Waals surface area contributed by atoms with E-state index in [0.29, 0.717) is 23.6 Å². The van der Waals surface area contributed by atoms with Gasteiger partial charge in [0.2, 0.25) is 5.91 Å². The highest BCUT2D eigenvalue weighted by molar-refractivity contribution is 6.31. The van der Waals surface area contributed by atoms with Crippen molar-refractivity contribution in [3.8, 4) is 5.75 Å². The Balaban J connectivity index is 1.70. The molecule has 0 unspecified atom stereocenters. The number of carbonyl (C=O) groups excluding carboxylic acids is 2. The third-order valence-corrected chi connectivity index (χ3v) is 5.14. The van der Waals surface area contributed by atoms with Gasteiger partial charge >= 0.3 is 6.03 Å². The number of phenolic OH excluding ortho intramolecular Hbond substituents is 1. The van der Waals surface area contributed by atoms with Crippen LogP contribution in [-0.2, 0) is 11.3 Å². The lowest BCUT2D eigenvalue weighted by Crippen LogP contribution is -2.56. The molecule has 1 aromatic heterocycles. The van der Waals surface area contributed by atoms with E-state index in [-0.39, 0.29) is 30.3 Å². The molecule has 150 valence electrons. The molecule has 1 fully saturated rings. The van der Waals surface area contributed by atoms with Gasteiger partial charge in [0.15, 0.2) is 13.8 Å². The van der Waals surface area contributed by atoms with Crippen LogP contribution in [0.5, 0.6) is 5.75 Å². The summed E-state index contributed by atoms with van der Waals surface area (Å²) in [6, 6.07) is 4.61. The molecule has 3 N–H and O–H groups in total. The van der Waals surface area contributed by atoms with Crippen molar-refractivity contribution in [2.45, 2.75) is 32.4 Å². The maximum absolute atomic E-state index is 12.8. The maximum Gasteiger partial charge on any atom is 0.370 e. The molecule has 2 aromatic rings. The van der Waals surface area contributed by atoms with Gasteiger partial charge in [0.25, 0.3) is 0 Å². The Labute approximate surface area is 168 Å². The van der Waals surface area contributed by atoms with Gasteiger partial charge in [-0.15, -0.1) is 4.68 Å². The number of nitrogens with zero attached hydrogens (tertiary/aromatic N) is 3. The summed E-state index contributed by atoms with van der Waals surface area (Å²) in [4.78, 5) is 29.4. The largest absolute Gasteiger partial charge is 0.506 e. The molecule has 0 spiro atoms. The van der Waals surface area contributed by atoms with E-state index in [2.05, 4.69) is 17.0 Å². The molecule has 0 radical (unpaired) electrons. The summed E-state index contributed by atoms with van der Waals surface area (Å²) in [5, 5.41) is 15.6. The van der Waals surface area contributed by atoms with Crippen molar-refractivity contribution < 1.29 is 19.4 Å². The highest BCUT2D eigenvalue weighted by Gasteiger charge is 2.34. The molecule has 1 aliphatic heterocycles. The lowest BCUT2D eigenvalue weighted by molar-refractivity contribution is -0.647. The zero-order chi connectivity index (χ0) is 20.4. The van der Waals surface area contributed by atoms with Gasteiger partial charge in [0.05, 0.1) is 12.1 Å². The van der Waals surface area contributed by atoms with E-state index in [0.717, 1.165) is 23.9 Å². The number of urea groups is 1. The highest BCUT2D eigenvalue weighted by atomic mass is 35.5. The predicted molar refractivity (Wildman–Crippen MR) is 108 cm³/mol. The second kappa shape index (κ2) is 8.10. The van der Waals surface area contributed by atoms with Crippen molar-refractivity contribution in [3.05, 3.63) is 28.9 Å². The summed E-state index contributed by atoms with van der Waals surface area (Å²) in [5.41, 5.74) is 1.31. The molecule has 1 saturated heterocycles. The third-order valence-electron chi connectivity index (χ3n) is 4.92. The molecular formula is C19H25ClN5O3+. The number of nitrogens with one attached hydrogen (secondary N) is 2. The first kappa shape index (κ1) is 20.0. The minimum atomic E-state index is -0.297. The van der Waals surface area contributed by atoms with Crippen LogP contribution in [0.1, 0.15) is 25.5 Å². The van der Waals surface area contributed by atoms with Crippen LogP contribution in [0.3, 0.4) is 0 Å². The van der Waals surface area contributed by atoms with Crippen LogP contribution >= 0.6 is 11.6 Å². The Bertz CT molecular complexity index is 926. The van der Waals surface area contributed by atoms with Crippen LogP contribution < -0.4 is 5.32 Å². The Morgan fingerprint density at radius 1 is 1.46 bits per heavy atom. The number of carbonyl (C=O) groups is 2. The van der Waals surface area contributed by atoms with Crippen LogP contribution in [0.15, 0.2) is 18.2 Å². The number of aromatic amines is 1. The normalized spacial score (nSPS) is 16.8. The Kier molecular flexibility index (Phi) is 5.79. The minimum absolute atomic E-state index is 0.00770. The molecule has 3 rings (SSSR count). The number of aromatic nitrogens is 1. The number of halogens is 1. The number of aromatic hydroxyl groups is 1. The van der Waals surface area contributed by atoms with Gasteiger partial charge in [0, 0.05) is 42.2 Å². The number of piperidine rings is 1. The smallest absolute Gasteiger partial charge is 0.370 e. The van der Waals surface area contributed by atoms with Gasteiger partial charge in [-0.25, -0.2) is 4.79 Å². The molecule has 0 aliphatic carbocycles. The average molecular weight is 407 g/mol. The fraction of sp³-hybridized carbons (Fsp3) is 0.421. The monoisotopic (exact) mass is 406 g/mol.